The summed E-state index contributed by atoms with van der Waals surface area (Å²) in [5.74, 6) is 0.618. The maximum atomic E-state index is 12.0. The maximum absolute atomic E-state index is 12.0. The molecule has 0 bridgehead atoms. The highest BCUT2D eigenvalue weighted by Gasteiger charge is 2.08. The molecule has 7 nitrogen and oxygen atoms in total. The quantitative estimate of drug-likeness (QED) is 0.334. The number of hydrazone groups is 1. The van der Waals surface area contributed by atoms with E-state index in [1.165, 1.54) is 6.21 Å². The van der Waals surface area contributed by atoms with E-state index in [9.17, 15) is 9.59 Å². The van der Waals surface area contributed by atoms with Gasteiger partial charge in [0.25, 0.3) is 0 Å². The summed E-state index contributed by atoms with van der Waals surface area (Å²) in [6.07, 6.45) is 1.61. The first kappa shape index (κ1) is 21.7. The molecule has 8 heteroatoms. The van der Waals surface area contributed by atoms with Gasteiger partial charge in [0.15, 0.2) is 11.5 Å². The van der Waals surface area contributed by atoms with Crippen LogP contribution in [0.5, 0.6) is 11.5 Å². The van der Waals surface area contributed by atoms with E-state index in [0.29, 0.717) is 11.5 Å². The predicted octanol–water partition coefficient (Wildman–Crippen LogP) is 3.49. The fourth-order valence-corrected chi connectivity index (χ4v) is 3.02. The van der Waals surface area contributed by atoms with Gasteiger partial charge in [-0.05, 0) is 77.0 Å². The van der Waals surface area contributed by atoms with Gasteiger partial charge in [0, 0.05) is 22.1 Å². The topological polar surface area (TPSA) is 89.0 Å². The van der Waals surface area contributed by atoms with E-state index in [-0.39, 0.29) is 24.7 Å². The molecule has 2 rings (SSSR count). The molecule has 0 radical (unpaired) electrons. The van der Waals surface area contributed by atoms with E-state index >= 15 is 0 Å². The molecule has 0 unspecified atom stereocenters. The fourth-order valence-electron chi connectivity index (χ4n) is 2.37. The Morgan fingerprint density at radius 3 is 2.43 bits per heavy atom. The minimum atomic E-state index is -0.341. The number of methoxy groups -OCH3 is 2. The van der Waals surface area contributed by atoms with Crippen molar-refractivity contribution in [3.63, 3.8) is 0 Å². The minimum Gasteiger partial charge on any atom is -0.493 e. The van der Waals surface area contributed by atoms with Crippen molar-refractivity contribution in [2.45, 2.75) is 19.8 Å². The van der Waals surface area contributed by atoms with Crippen LogP contribution in [0.15, 0.2) is 41.5 Å². The normalized spacial score (nSPS) is 10.6. The lowest BCUT2D eigenvalue weighted by Gasteiger charge is -2.08. The molecule has 28 heavy (non-hydrogen) atoms. The molecule has 2 amide bonds. The first-order valence-corrected chi connectivity index (χ1v) is 9.60. The summed E-state index contributed by atoms with van der Waals surface area (Å²) in [6, 6.07) is 11.0. The number of ether oxygens (including phenoxy) is 2. The zero-order chi connectivity index (χ0) is 20.5. The van der Waals surface area contributed by atoms with Gasteiger partial charge in [-0.3, -0.25) is 9.59 Å². The third kappa shape index (κ3) is 6.52. The molecule has 0 saturated heterocycles. The summed E-state index contributed by atoms with van der Waals surface area (Å²) in [5, 5.41) is 6.72. The van der Waals surface area contributed by atoms with Crippen molar-refractivity contribution in [1.29, 1.82) is 0 Å². The monoisotopic (exact) mass is 495 g/mol. The van der Waals surface area contributed by atoms with E-state index in [1.807, 2.05) is 25.1 Å². The van der Waals surface area contributed by atoms with Crippen molar-refractivity contribution in [3.8, 4) is 11.5 Å². The summed E-state index contributed by atoms with van der Waals surface area (Å²) in [7, 11) is 3.10. The molecule has 0 atom stereocenters. The highest BCUT2D eigenvalue weighted by molar-refractivity contribution is 14.1. The highest BCUT2D eigenvalue weighted by Crippen LogP contribution is 2.26. The Kier molecular flexibility index (Phi) is 8.24. The number of hydrogen-bond donors (Lipinski definition) is 2. The van der Waals surface area contributed by atoms with Crippen molar-refractivity contribution in [3.05, 3.63) is 51.1 Å². The number of carbonyl (C=O) groups is 2. The van der Waals surface area contributed by atoms with Gasteiger partial charge in [-0.15, -0.1) is 0 Å². The standard InChI is InChI=1S/C20H22IN3O4/c1-13-10-15(21)5-6-16(13)23-19(25)8-9-20(26)24-22-12-14-4-7-17(27-2)18(11-14)28-3/h4-7,10-12H,8-9H2,1-3H3,(H,23,25)(H,24,26). The first-order valence-electron chi connectivity index (χ1n) is 8.53. The molecular weight excluding hydrogens is 473 g/mol. The van der Waals surface area contributed by atoms with E-state index in [2.05, 4.69) is 38.4 Å². The number of halogens is 1. The van der Waals surface area contributed by atoms with Crippen molar-refractivity contribution < 1.29 is 19.1 Å². The molecule has 0 aliphatic carbocycles. The number of amides is 2. The number of rotatable bonds is 8. The molecule has 148 valence electrons. The Balaban J connectivity index is 1.80. The van der Waals surface area contributed by atoms with E-state index < -0.39 is 0 Å². The van der Waals surface area contributed by atoms with Crippen molar-refractivity contribution in [2.24, 2.45) is 5.10 Å². The van der Waals surface area contributed by atoms with Gasteiger partial charge in [-0.1, -0.05) is 0 Å². The summed E-state index contributed by atoms with van der Waals surface area (Å²) in [5.41, 5.74) is 4.88. The number of hydrogen-bond acceptors (Lipinski definition) is 5. The summed E-state index contributed by atoms with van der Waals surface area (Å²) in [4.78, 5) is 23.9. The second-order valence-electron chi connectivity index (χ2n) is 5.92. The van der Waals surface area contributed by atoms with Crippen LogP contribution in [0.4, 0.5) is 5.69 Å². The fraction of sp³-hybridized carbons (Fsp3) is 0.250. The maximum Gasteiger partial charge on any atom is 0.240 e. The van der Waals surface area contributed by atoms with Crippen molar-refractivity contribution in [2.75, 3.05) is 19.5 Å². The van der Waals surface area contributed by atoms with Crippen molar-refractivity contribution in [1.82, 2.24) is 5.43 Å². The Bertz CT molecular complexity index is 884. The molecule has 0 aromatic heterocycles. The molecular formula is C20H22IN3O4. The van der Waals surface area contributed by atoms with Crippen LogP contribution >= 0.6 is 22.6 Å². The number of nitrogens with one attached hydrogen (secondary N) is 2. The van der Waals surface area contributed by atoms with Crippen LogP contribution < -0.4 is 20.2 Å². The van der Waals surface area contributed by atoms with Gasteiger partial charge in [-0.25, -0.2) is 5.43 Å². The average molecular weight is 495 g/mol. The molecule has 0 aliphatic heterocycles. The first-order chi connectivity index (χ1) is 13.4. The largest absolute Gasteiger partial charge is 0.493 e. The van der Waals surface area contributed by atoms with Gasteiger partial charge in [-0.2, -0.15) is 5.10 Å². The lowest BCUT2D eigenvalue weighted by Crippen LogP contribution is -2.20. The third-order valence-corrected chi connectivity index (χ3v) is 4.52. The second kappa shape index (κ2) is 10.6. The average Bonchev–Trinajstić information content (AvgIpc) is 2.68. The molecule has 0 spiro atoms. The molecule has 2 aromatic rings. The molecule has 0 fully saturated rings. The van der Waals surface area contributed by atoms with Crippen LogP contribution in [0.2, 0.25) is 0 Å². The number of anilines is 1. The van der Waals surface area contributed by atoms with Gasteiger partial charge >= 0.3 is 0 Å². The minimum absolute atomic E-state index is 0.0402. The van der Waals surface area contributed by atoms with Crippen LogP contribution in [-0.2, 0) is 9.59 Å². The zero-order valence-electron chi connectivity index (χ0n) is 15.9. The van der Waals surface area contributed by atoms with Gasteiger partial charge < -0.3 is 14.8 Å². The van der Waals surface area contributed by atoms with Crippen LogP contribution in [0, 0.1) is 10.5 Å². The Morgan fingerprint density at radius 2 is 1.75 bits per heavy atom. The third-order valence-electron chi connectivity index (χ3n) is 3.85. The van der Waals surface area contributed by atoms with Crippen LogP contribution in [-0.4, -0.2) is 32.2 Å². The van der Waals surface area contributed by atoms with Crippen LogP contribution in [0.25, 0.3) is 0 Å². The van der Waals surface area contributed by atoms with E-state index in [1.54, 1.807) is 32.4 Å². The molecule has 2 N–H and O–H groups in total. The molecule has 0 aliphatic rings. The summed E-state index contributed by atoms with van der Waals surface area (Å²) in [6.45, 7) is 1.92. The lowest BCUT2D eigenvalue weighted by molar-refractivity contribution is -0.124. The second-order valence-corrected chi connectivity index (χ2v) is 7.16. The van der Waals surface area contributed by atoms with E-state index in [0.717, 1.165) is 20.4 Å². The molecule has 0 saturated carbocycles. The SMILES string of the molecule is COc1ccc(C=NNC(=O)CCC(=O)Nc2ccc(I)cc2C)cc1OC. The van der Waals surface area contributed by atoms with Crippen molar-refractivity contribution >= 4 is 46.3 Å². The van der Waals surface area contributed by atoms with Gasteiger partial charge in [0.1, 0.15) is 0 Å². The Hall–Kier alpha value is -2.62. The number of benzene rings is 2. The number of nitrogens with zero attached hydrogens (tertiary/aromatic N) is 1. The smallest absolute Gasteiger partial charge is 0.240 e. The zero-order valence-corrected chi connectivity index (χ0v) is 18.1. The van der Waals surface area contributed by atoms with Crippen LogP contribution in [0.1, 0.15) is 24.0 Å². The van der Waals surface area contributed by atoms with E-state index in [4.69, 9.17) is 9.47 Å². The van der Waals surface area contributed by atoms with Gasteiger partial charge in [0.2, 0.25) is 11.8 Å². The predicted molar refractivity (Wildman–Crippen MR) is 117 cm³/mol. The lowest BCUT2D eigenvalue weighted by atomic mass is 10.2. The number of carbonyl (C=O) groups excluding carboxylic acids is 2. The van der Waals surface area contributed by atoms with Crippen LogP contribution in [0.3, 0.4) is 0 Å². The Morgan fingerprint density at radius 1 is 1.04 bits per heavy atom. The summed E-state index contributed by atoms with van der Waals surface area (Å²) >= 11 is 2.21. The Labute approximate surface area is 177 Å². The summed E-state index contributed by atoms with van der Waals surface area (Å²) < 4.78 is 11.5. The highest BCUT2D eigenvalue weighted by atomic mass is 127. The number of aryl methyl sites for hydroxylation is 1. The molecule has 0 heterocycles. The van der Waals surface area contributed by atoms with Gasteiger partial charge in [0.05, 0.1) is 20.4 Å². The molecule has 2 aromatic carbocycles.